The van der Waals surface area contributed by atoms with E-state index in [1.807, 2.05) is 0 Å². The van der Waals surface area contributed by atoms with Gasteiger partial charge >= 0.3 is 0 Å². The lowest BCUT2D eigenvalue weighted by Crippen LogP contribution is -1.82. The third-order valence-corrected chi connectivity index (χ3v) is 0.723. The van der Waals surface area contributed by atoms with Gasteiger partial charge in [0, 0.05) is 0 Å². The maximum atomic E-state index is 9.34. The van der Waals surface area contributed by atoms with E-state index in [-0.39, 0.29) is 19.8 Å². The molecule has 0 amide bonds. The van der Waals surface area contributed by atoms with E-state index in [0.717, 1.165) is 0 Å². The Morgan fingerprint density at radius 2 is 0.933 bits per heavy atom. The molecule has 0 aromatic rings. The SMILES string of the molecule is O=C=NCCN=C=O.O=C=NCN=C=O. The van der Waals surface area contributed by atoms with Crippen LogP contribution in [0.5, 0.6) is 0 Å². The first-order chi connectivity index (χ1) is 7.33. The minimum atomic E-state index is -0.160. The molecule has 0 aliphatic carbocycles. The molecule has 15 heavy (non-hydrogen) atoms. The van der Waals surface area contributed by atoms with Crippen LogP contribution in [0.25, 0.3) is 0 Å². The van der Waals surface area contributed by atoms with Crippen molar-refractivity contribution in [1.29, 1.82) is 0 Å². The van der Waals surface area contributed by atoms with E-state index in [1.165, 1.54) is 24.3 Å². The summed E-state index contributed by atoms with van der Waals surface area (Å²) in [5, 5.41) is 0. The van der Waals surface area contributed by atoms with E-state index in [2.05, 4.69) is 20.0 Å². The lowest BCUT2D eigenvalue weighted by Gasteiger charge is -1.74. The van der Waals surface area contributed by atoms with Crippen LogP contribution < -0.4 is 0 Å². The van der Waals surface area contributed by atoms with Crippen LogP contribution in [0.2, 0.25) is 0 Å². The van der Waals surface area contributed by atoms with Gasteiger partial charge in [0.05, 0.1) is 13.1 Å². The normalized spacial score (nSPS) is 6.13. The van der Waals surface area contributed by atoms with Gasteiger partial charge in [-0.3, -0.25) is 0 Å². The largest absolute Gasteiger partial charge is 0.236 e. The fourth-order valence-corrected chi connectivity index (χ4v) is 0.284. The van der Waals surface area contributed by atoms with Gasteiger partial charge in [-0.05, 0) is 0 Å². The summed E-state index contributed by atoms with van der Waals surface area (Å²) in [7, 11) is 0. The van der Waals surface area contributed by atoms with Gasteiger partial charge in [0.1, 0.15) is 0 Å². The lowest BCUT2D eigenvalue weighted by molar-refractivity contribution is 0.560. The molecule has 0 radical (unpaired) electrons. The van der Waals surface area contributed by atoms with E-state index in [1.54, 1.807) is 0 Å². The first kappa shape index (κ1) is 15.0. The molecule has 0 unspecified atom stereocenters. The van der Waals surface area contributed by atoms with Crippen LogP contribution in [0, 0.1) is 0 Å². The van der Waals surface area contributed by atoms with Gasteiger partial charge in [0.25, 0.3) is 0 Å². The molecule has 0 aromatic heterocycles. The fraction of sp³-hybridized carbons (Fsp3) is 0.429. The molecule has 78 valence electrons. The lowest BCUT2D eigenvalue weighted by atomic mass is 10.7. The van der Waals surface area contributed by atoms with Gasteiger partial charge in [0.15, 0.2) is 6.67 Å². The van der Waals surface area contributed by atoms with Gasteiger partial charge in [-0.1, -0.05) is 0 Å². The van der Waals surface area contributed by atoms with Gasteiger partial charge in [-0.25, -0.2) is 29.2 Å². The van der Waals surface area contributed by atoms with Gasteiger partial charge in [0.2, 0.25) is 24.3 Å². The van der Waals surface area contributed by atoms with Crippen molar-refractivity contribution in [3.05, 3.63) is 0 Å². The zero-order valence-electron chi connectivity index (χ0n) is 7.54. The van der Waals surface area contributed by atoms with Crippen molar-refractivity contribution in [2.24, 2.45) is 20.0 Å². The summed E-state index contributed by atoms with van der Waals surface area (Å²) in [6.45, 7) is 0.282. The van der Waals surface area contributed by atoms with E-state index in [0.29, 0.717) is 0 Å². The summed E-state index contributed by atoms with van der Waals surface area (Å²) in [6, 6.07) is 0. The van der Waals surface area contributed by atoms with Crippen LogP contribution in [0.15, 0.2) is 20.0 Å². The van der Waals surface area contributed by atoms with Crippen LogP contribution in [-0.4, -0.2) is 44.1 Å². The van der Waals surface area contributed by atoms with E-state index < -0.39 is 0 Å². The maximum Gasteiger partial charge on any atom is 0.236 e. The highest BCUT2D eigenvalue weighted by molar-refractivity contribution is 5.35. The predicted molar refractivity (Wildman–Crippen MR) is 47.1 cm³/mol. The van der Waals surface area contributed by atoms with Crippen LogP contribution in [-0.2, 0) is 19.2 Å². The number of carbonyl (C=O) groups excluding carboxylic acids is 4. The minimum Gasteiger partial charge on any atom is -0.211 e. The predicted octanol–water partition coefficient (Wildman–Crippen LogP) is -0.727. The maximum absolute atomic E-state index is 9.34. The topological polar surface area (TPSA) is 118 Å². The number of isocyanates is 4. The number of nitrogens with zero attached hydrogens (tertiary/aromatic N) is 4. The Morgan fingerprint density at radius 1 is 0.600 bits per heavy atom. The summed E-state index contributed by atoms with van der Waals surface area (Å²) >= 11 is 0. The molecule has 0 N–H and O–H groups in total. The van der Waals surface area contributed by atoms with Crippen molar-refractivity contribution in [2.75, 3.05) is 19.8 Å². The molecule has 0 aromatic carbocycles. The van der Waals surface area contributed by atoms with Crippen molar-refractivity contribution in [2.45, 2.75) is 0 Å². The van der Waals surface area contributed by atoms with E-state index in [9.17, 15) is 19.2 Å². The molecule has 0 aliphatic rings. The monoisotopic (exact) mass is 210 g/mol. The molecule has 8 nitrogen and oxygen atoms in total. The number of rotatable bonds is 5. The smallest absolute Gasteiger partial charge is 0.211 e. The Hall–Kier alpha value is -2.48. The summed E-state index contributed by atoms with van der Waals surface area (Å²) in [5.41, 5.74) is 0. The number of hydrogen-bond donors (Lipinski definition) is 0. The summed E-state index contributed by atoms with van der Waals surface area (Å²) in [5.74, 6) is 0. The quantitative estimate of drug-likeness (QED) is 0.337. The molecule has 0 bridgehead atoms. The molecule has 0 heterocycles. The van der Waals surface area contributed by atoms with Crippen LogP contribution in [0.4, 0.5) is 0 Å². The van der Waals surface area contributed by atoms with Gasteiger partial charge < -0.3 is 0 Å². The molecule has 8 heteroatoms. The van der Waals surface area contributed by atoms with Crippen molar-refractivity contribution < 1.29 is 19.2 Å². The molecular formula is C7H6N4O4. The zero-order chi connectivity index (χ0) is 11.8. The van der Waals surface area contributed by atoms with Crippen molar-refractivity contribution in [3.63, 3.8) is 0 Å². The van der Waals surface area contributed by atoms with E-state index >= 15 is 0 Å². The van der Waals surface area contributed by atoms with Crippen LogP contribution in [0.1, 0.15) is 0 Å². The third kappa shape index (κ3) is 24.6. The first-order valence-electron chi connectivity index (χ1n) is 3.48. The number of hydrogen-bond acceptors (Lipinski definition) is 8. The summed E-state index contributed by atoms with van der Waals surface area (Å²) < 4.78 is 0. The standard InChI is InChI=1S/C4H4N2O2.C3H2N2O2/c7-3-5-1-2-6-4-8;6-2-4-1-5-3-7/h1-2H2;1H2. The third-order valence-electron chi connectivity index (χ3n) is 0.723. The zero-order valence-corrected chi connectivity index (χ0v) is 7.54. The van der Waals surface area contributed by atoms with Gasteiger partial charge in [-0.15, -0.1) is 0 Å². The molecule has 0 rings (SSSR count). The second kappa shape index (κ2) is 17.6. The Bertz CT molecular complexity index is 308. The molecule has 0 saturated heterocycles. The second-order valence-corrected chi connectivity index (χ2v) is 1.59. The molecule has 0 fully saturated rings. The molecule has 0 aliphatic heterocycles. The Labute approximate surface area is 84.2 Å². The minimum absolute atomic E-state index is 0.160. The second-order valence-electron chi connectivity index (χ2n) is 1.59. The Morgan fingerprint density at radius 3 is 1.20 bits per heavy atom. The molecular weight excluding hydrogens is 204 g/mol. The first-order valence-corrected chi connectivity index (χ1v) is 3.48. The van der Waals surface area contributed by atoms with Gasteiger partial charge in [-0.2, -0.15) is 9.98 Å². The number of aliphatic imine (C=N–C) groups is 4. The van der Waals surface area contributed by atoms with Crippen LogP contribution in [0.3, 0.4) is 0 Å². The Kier molecular flexibility index (Phi) is 17.6. The fourth-order valence-electron chi connectivity index (χ4n) is 0.284. The van der Waals surface area contributed by atoms with Crippen LogP contribution >= 0.6 is 0 Å². The summed E-state index contributed by atoms with van der Waals surface area (Å²) in [4.78, 5) is 49.2. The highest BCUT2D eigenvalue weighted by atomic mass is 16.1. The molecule has 0 atom stereocenters. The average molecular weight is 210 g/mol. The van der Waals surface area contributed by atoms with E-state index in [4.69, 9.17) is 0 Å². The Balaban J connectivity index is 0. The van der Waals surface area contributed by atoms with Crippen molar-refractivity contribution in [1.82, 2.24) is 0 Å². The van der Waals surface area contributed by atoms with Crippen molar-refractivity contribution >= 4 is 24.3 Å². The highest BCUT2D eigenvalue weighted by Gasteiger charge is 1.73. The van der Waals surface area contributed by atoms with Crippen molar-refractivity contribution in [3.8, 4) is 0 Å². The molecule has 0 spiro atoms. The molecule has 0 saturated carbocycles. The average Bonchev–Trinajstić information content (AvgIpc) is 2.26. The highest BCUT2D eigenvalue weighted by Crippen LogP contribution is 1.66. The summed E-state index contributed by atoms with van der Waals surface area (Å²) in [6.07, 6.45) is 5.03.